The van der Waals surface area contributed by atoms with Crippen LogP contribution in [0.3, 0.4) is 0 Å². The molecule has 2 aromatic carbocycles. The Hall–Kier alpha value is -2.28. The third kappa shape index (κ3) is 4.53. The highest BCUT2D eigenvalue weighted by molar-refractivity contribution is 5.84. The van der Waals surface area contributed by atoms with Gasteiger partial charge in [-0.15, -0.1) is 0 Å². The van der Waals surface area contributed by atoms with Crippen LogP contribution >= 0.6 is 0 Å². The third-order valence-electron chi connectivity index (χ3n) is 5.07. The highest BCUT2D eigenvalue weighted by Crippen LogP contribution is 2.26. The maximum Gasteiger partial charge on any atom is 0.471 e. The van der Waals surface area contributed by atoms with Crippen LogP contribution in [0.25, 0.3) is 10.8 Å². The fourth-order valence-corrected chi connectivity index (χ4v) is 3.48. The molecule has 1 atom stereocenters. The van der Waals surface area contributed by atoms with Gasteiger partial charge in [-0.05, 0) is 34.4 Å². The largest absolute Gasteiger partial charge is 0.497 e. The molecule has 1 aliphatic rings. The van der Waals surface area contributed by atoms with Gasteiger partial charge < -0.3 is 9.64 Å². The number of halogens is 3. The van der Waals surface area contributed by atoms with E-state index in [1.165, 1.54) is 5.56 Å². The van der Waals surface area contributed by atoms with E-state index in [-0.39, 0.29) is 19.0 Å². The number of nitrogens with zero attached hydrogens (tertiary/aromatic N) is 2. The van der Waals surface area contributed by atoms with Crippen molar-refractivity contribution in [3.63, 3.8) is 0 Å². The molecule has 1 fully saturated rings. The Labute approximate surface area is 156 Å². The van der Waals surface area contributed by atoms with Crippen LogP contribution < -0.4 is 4.74 Å². The quantitative estimate of drug-likeness (QED) is 0.812. The van der Waals surface area contributed by atoms with E-state index in [1.807, 2.05) is 18.2 Å². The second kappa shape index (κ2) is 7.76. The molecule has 27 heavy (non-hydrogen) atoms. The van der Waals surface area contributed by atoms with E-state index < -0.39 is 12.1 Å². The van der Waals surface area contributed by atoms with Crippen molar-refractivity contribution < 1.29 is 22.7 Å². The van der Waals surface area contributed by atoms with Gasteiger partial charge in [0, 0.05) is 32.7 Å². The summed E-state index contributed by atoms with van der Waals surface area (Å²) in [5.41, 5.74) is 1.18. The van der Waals surface area contributed by atoms with Crippen molar-refractivity contribution in [2.45, 2.75) is 19.0 Å². The van der Waals surface area contributed by atoms with Gasteiger partial charge in [-0.25, -0.2) is 0 Å². The Balaban J connectivity index is 1.60. The van der Waals surface area contributed by atoms with E-state index in [0.717, 1.165) is 28.0 Å². The molecule has 1 saturated heterocycles. The molecular weight excluding hydrogens is 357 g/mol. The lowest BCUT2D eigenvalue weighted by Gasteiger charge is -2.36. The van der Waals surface area contributed by atoms with Crippen LogP contribution in [0.4, 0.5) is 13.2 Å². The SMILES string of the molecule is COc1ccc2cc(C(C)CN3CCN(C(=O)C(F)(F)F)CC3)ccc2c1. The zero-order valence-electron chi connectivity index (χ0n) is 15.4. The van der Waals surface area contributed by atoms with Crippen molar-refractivity contribution >= 4 is 16.7 Å². The lowest BCUT2D eigenvalue weighted by atomic mass is 9.97. The predicted molar refractivity (Wildman–Crippen MR) is 98.0 cm³/mol. The van der Waals surface area contributed by atoms with Crippen molar-refractivity contribution in [3.8, 4) is 5.75 Å². The highest BCUT2D eigenvalue weighted by Gasteiger charge is 2.43. The fraction of sp³-hybridized carbons (Fsp3) is 0.450. The van der Waals surface area contributed by atoms with Crippen molar-refractivity contribution in [1.82, 2.24) is 9.80 Å². The van der Waals surface area contributed by atoms with Gasteiger partial charge in [-0.2, -0.15) is 13.2 Å². The average molecular weight is 380 g/mol. The Bertz CT molecular complexity index is 814. The predicted octanol–water partition coefficient (Wildman–Crippen LogP) is 3.66. The first-order valence-electron chi connectivity index (χ1n) is 8.94. The topological polar surface area (TPSA) is 32.8 Å². The monoisotopic (exact) mass is 380 g/mol. The molecule has 0 saturated carbocycles. The van der Waals surface area contributed by atoms with E-state index >= 15 is 0 Å². The molecule has 0 aromatic heterocycles. The fourth-order valence-electron chi connectivity index (χ4n) is 3.48. The molecule has 0 spiro atoms. The van der Waals surface area contributed by atoms with E-state index in [0.29, 0.717) is 13.1 Å². The molecule has 2 aromatic rings. The smallest absolute Gasteiger partial charge is 0.471 e. The number of amides is 1. The van der Waals surface area contributed by atoms with Crippen molar-refractivity contribution in [2.24, 2.45) is 0 Å². The summed E-state index contributed by atoms with van der Waals surface area (Å²) in [5.74, 6) is -0.684. The second-order valence-corrected chi connectivity index (χ2v) is 6.96. The van der Waals surface area contributed by atoms with Gasteiger partial charge in [0.15, 0.2) is 0 Å². The standard InChI is InChI=1S/C20H23F3N2O2/c1-14(13-24-7-9-25(10-8-24)19(26)20(21,22)23)15-3-4-17-12-18(27-2)6-5-16(17)11-15/h3-6,11-12,14H,7-10,13H2,1-2H3. The number of rotatable bonds is 4. The van der Waals surface area contributed by atoms with Crippen molar-refractivity contribution in [1.29, 1.82) is 0 Å². The summed E-state index contributed by atoms with van der Waals surface area (Å²) in [6.45, 7) is 3.99. The number of ether oxygens (including phenoxy) is 1. The van der Waals surface area contributed by atoms with Crippen LogP contribution in [0.2, 0.25) is 0 Å². The van der Waals surface area contributed by atoms with Gasteiger partial charge in [0.1, 0.15) is 5.75 Å². The number of methoxy groups -OCH3 is 1. The van der Waals surface area contributed by atoms with Crippen LogP contribution in [0.5, 0.6) is 5.75 Å². The summed E-state index contributed by atoms with van der Waals surface area (Å²) in [6.07, 6.45) is -4.79. The number of alkyl halides is 3. The Morgan fingerprint density at radius 2 is 1.70 bits per heavy atom. The van der Waals surface area contributed by atoms with Crippen LogP contribution in [-0.2, 0) is 4.79 Å². The first-order chi connectivity index (χ1) is 12.8. The second-order valence-electron chi connectivity index (χ2n) is 6.96. The molecular formula is C20H23F3N2O2. The van der Waals surface area contributed by atoms with Crippen LogP contribution in [0.15, 0.2) is 36.4 Å². The van der Waals surface area contributed by atoms with Gasteiger partial charge in [-0.1, -0.05) is 31.2 Å². The number of piperazine rings is 1. The molecule has 1 amide bonds. The summed E-state index contributed by atoms with van der Waals surface area (Å²) >= 11 is 0. The van der Waals surface area contributed by atoms with Crippen molar-refractivity contribution in [3.05, 3.63) is 42.0 Å². The molecule has 7 heteroatoms. The minimum absolute atomic E-state index is 0.114. The first kappa shape index (κ1) is 19.5. The van der Waals surface area contributed by atoms with Gasteiger partial charge in [0.2, 0.25) is 0 Å². The lowest BCUT2D eigenvalue weighted by molar-refractivity contribution is -0.187. The molecule has 1 heterocycles. The Kier molecular flexibility index (Phi) is 5.60. The maximum absolute atomic E-state index is 12.5. The first-order valence-corrected chi connectivity index (χ1v) is 8.94. The summed E-state index contributed by atoms with van der Waals surface area (Å²) in [6, 6.07) is 12.2. The molecule has 0 radical (unpaired) electrons. The number of carbonyl (C=O) groups excluding carboxylic acids is 1. The average Bonchev–Trinajstić information content (AvgIpc) is 2.66. The highest BCUT2D eigenvalue weighted by atomic mass is 19.4. The van der Waals surface area contributed by atoms with Crippen LogP contribution in [-0.4, -0.2) is 61.7 Å². The summed E-state index contributed by atoms with van der Waals surface area (Å²) < 4.78 is 42.8. The molecule has 0 N–H and O–H groups in total. The third-order valence-corrected chi connectivity index (χ3v) is 5.07. The van der Waals surface area contributed by atoms with Gasteiger partial charge in [0.25, 0.3) is 0 Å². The number of benzene rings is 2. The number of hydrogen-bond donors (Lipinski definition) is 0. The summed E-state index contributed by atoms with van der Waals surface area (Å²) in [4.78, 5) is 14.3. The van der Waals surface area contributed by atoms with E-state index in [1.54, 1.807) is 7.11 Å². The lowest BCUT2D eigenvalue weighted by Crippen LogP contribution is -2.52. The zero-order valence-corrected chi connectivity index (χ0v) is 15.4. The number of carbonyl (C=O) groups is 1. The maximum atomic E-state index is 12.5. The van der Waals surface area contributed by atoms with Gasteiger partial charge in [0.05, 0.1) is 7.11 Å². The van der Waals surface area contributed by atoms with Crippen LogP contribution in [0.1, 0.15) is 18.4 Å². The summed E-state index contributed by atoms with van der Waals surface area (Å²) in [7, 11) is 1.64. The Morgan fingerprint density at radius 1 is 1.07 bits per heavy atom. The van der Waals surface area contributed by atoms with E-state index in [9.17, 15) is 18.0 Å². The van der Waals surface area contributed by atoms with Gasteiger partial charge in [-0.3, -0.25) is 9.69 Å². The molecule has 1 aliphatic heterocycles. The Morgan fingerprint density at radius 3 is 2.33 bits per heavy atom. The molecule has 1 unspecified atom stereocenters. The zero-order chi connectivity index (χ0) is 19.6. The minimum atomic E-state index is -4.79. The number of hydrogen-bond acceptors (Lipinski definition) is 3. The van der Waals surface area contributed by atoms with E-state index in [4.69, 9.17) is 4.74 Å². The summed E-state index contributed by atoms with van der Waals surface area (Å²) in [5, 5.41) is 2.23. The van der Waals surface area contributed by atoms with E-state index in [2.05, 4.69) is 30.0 Å². The molecule has 0 aliphatic carbocycles. The molecule has 0 bridgehead atoms. The molecule has 4 nitrogen and oxygen atoms in total. The number of fused-ring (bicyclic) bond motifs is 1. The normalized spacial score (nSPS) is 17.1. The van der Waals surface area contributed by atoms with Crippen molar-refractivity contribution in [2.75, 3.05) is 39.8 Å². The molecule has 146 valence electrons. The van der Waals surface area contributed by atoms with Gasteiger partial charge >= 0.3 is 12.1 Å². The minimum Gasteiger partial charge on any atom is -0.497 e. The van der Waals surface area contributed by atoms with Crippen LogP contribution in [0, 0.1) is 0 Å². The molecule has 3 rings (SSSR count).